The lowest BCUT2D eigenvalue weighted by atomic mass is 10.2. The monoisotopic (exact) mass is 230 g/mol. The molecule has 7 heteroatoms. The Morgan fingerprint density at radius 2 is 2.47 bits per heavy atom. The Kier molecular flexibility index (Phi) is 4.60. The minimum atomic E-state index is -0.251. The molecule has 0 spiro atoms. The molecule has 1 aromatic rings. The number of aromatic nitrogens is 2. The van der Waals surface area contributed by atoms with Crippen molar-refractivity contribution in [1.29, 1.82) is 0 Å². The van der Waals surface area contributed by atoms with Gasteiger partial charge in [-0.25, -0.2) is 4.98 Å². The highest BCUT2D eigenvalue weighted by atomic mass is 32.1. The standard InChI is InChI=1S/C8H14N4O2S/c1-5-10-8(15-12-5)11-7(13)3-6(4-9)14-2/h6H,3-4,9H2,1-2H3,(H,10,11,12,13). The van der Waals surface area contributed by atoms with E-state index in [-0.39, 0.29) is 18.4 Å². The number of nitrogens with zero attached hydrogens (tertiary/aromatic N) is 2. The highest BCUT2D eigenvalue weighted by molar-refractivity contribution is 7.09. The third-order valence-electron chi connectivity index (χ3n) is 1.78. The molecular weight excluding hydrogens is 216 g/mol. The fraction of sp³-hybridized carbons (Fsp3) is 0.625. The summed E-state index contributed by atoms with van der Waals surface area (Å²) >= 11 is 1.16. The SMILES string of the molecule is COC(CN)CC(=O)Nc1nc(C)ns1. The average Bonchev–Trinajstić information content (AvgIpc) is 2.60. The van der Waals surface area contributed by atoms with Gasteiger partial charge in [0.1, 0.15) is 5.82 Å². The van der Waals surface area contributed by atoms with E-state index in [1.165, 1.54) is 7.11 Å². The minimum Gasteiger partial charge on any atom is -0.380 e. The van der Waals surface area contributed by atoms with Crippen LogP contribution in [0.5, 0.6) is 0 Å². The number of nitrogens with one attached hydrogen (secondary N) is 1. The van der Waals surface area contributed by atoms with Crippen LogP contribution in [0.2, 0.25) is 0 Å². The number of rotatable bonds is 5. The first kappa shape index (κ1) is 12.0. The highest BCUT2D eigenvalue weighted by Gasteiger charge is 2.12. The molecule has 0 fully saturated rings. The van der Waals surface area contributed by atoms with Gasteiger partial charge in [0.25, 0.3) is 0 Å². The Labute approximate surface area is 92.0 Å². The second-order valence-electron chi connectivity index (χ2n) is 2.99. The van der Waals surface area contributed by atoms with Crippen LogP contribution in [0.4, 0.5) is 5.13 Å². The molecule has 0 saturated heterocycles. The van der Waals surface area contributed by atoms with Gasteiger partial charge in [0, 0.05) is 25.2 Å². The number of nitrogens with two attached hydrogens (primary N) is 1. The molecule has 0 aliphatic carbocycles. The lowest BCUT2D eigenvalue weighted by Gasteiger charge is -2.11. The van der Waals surface area contributed by atoms with Crippen LogP contribution in [0.15, 0.2) is 0 Å². The molecule has 0 aromatic carbocycles. The molecule has 1 atom stereocenters. The zero-order valence-corrected chi connectivity index (χ0v) is 9.50. The zero-order chi connectivity index (χ0) is 11.3. The number of hydrogen-bond donors (Lipinski definition) is 2. The fourth-order valence-electron chi connectivity index (χ4n) is 0.988. The summed E-state index contributed by atoms with van der Waals surface area (Å²) < 4.78 is 8.94. The number of amides is 1. The normalized spacial score (nSPS) is 12.5. The van der Waals surface area contributed by atoms with Crippen LogP contribution < -0.4 is 11.1 Å². The van der Waals surface area contributed by atoms with Gasteiger partial charge < -0.3 is 15.8 Å². The van der Waals surface area contributed by atoms with Gasteiger partial charge in [-0.05, 0) is 6.92 Å². The Morgan fingerprint density at radius 3 is 2.93 bits per heavy atom. The number of aryl methyl sites for hydroxylation is 1. The van der Waals surface area contributed by atoms with E-state index in [0.29, 0.717) is 17.5 Å². The van der Waals surface area contributed by atoms with Crippen LogP contribution >= 0.6 is 11.5 Å². The Bertz CT molecular complexity index is 324. The lowest BCUT2D eigenvalue weighted by Crippen LogP contribution is -2.28. The van der Waals surface area contributed by atoms with Crippen molar-refractivity contribution in [3.63, 3.8) is 0 Å². The smallest absolute Gasteiger partial charge is 0.228 e. The van der Waals surface area contributed by atoms with Crippen LogP contribution in [0.3, 0.4) is 0 Å². The quantitative estimate of drug-likeness (QED) is 0.751. The maximum atomic E-state index is 11.4. The van der Waals surface area contributed by atoms with Gasteiger partial charge in [-0.1, -0.05) is 0 Å². The highest BCUT2D eigenvalue weighted by Crippen LogP contribution is 2.10. The molecule has 84 valence electrons. The summed E-state index contributed by atoms with van der Waals surface area (Å²) in [5, 5.41) is 3.14. The van der Waals surface area contributed by atoms with Crippen molar-refractivity contribution in [2.24, 2.45) is 5.73 Å². The van der Waals surface area contributed by atoms with Crippen molar-refractivity contribution >= 4 is 22.6 Å². The predicted octanol–water partition coefficient (Wildman–Crippen LogP) is 0.149. The molecule has 1 amide bonds. The van der Waals surface area contributed by atoms with Crippen molar-refractivity contribution in [3.05, 3.63) is 5.82 Å². The van der Waals surface area contributed by atoms with Gasteiger partial charge in [-0.15, -0.1) is 0 Å². The van der Waals surface area contributed by atoms with Gasteiger partial charge in [-0.2, -0.15) is 4.37 Å². The summed E-state index contributed by atoms with van der Waals surface area (Å²) in [6.07, 6.45) is -0.0231. The molecule has 1 heterocycles. The molecule has 0 saturated carbocycles. The molecule has 1 rings (SSSR count). The van der Waals surface area contributed by atoms with E-state index in [9.17, 15) is 4.79 Å². The number of hydrogen-bond acceptors (Lipinski definition) is 6. The summed E-state index contributed by atoms with van der Waals surface area (Å²) in [6.45, 7) is 2.09. The first-order valence-corrected chi connectivity index (χ1v) is 5.26. The summed E-state index contributed by atoms with van der Waals surface area (Å²) in [5.74, 6) is 0.487. The van der Waals surface area contributed by atoms with E-state index in [0.717, 1.165) is 11.5 Å². The van der Waals surface area contributed by atoms with Gasteiger partial charge >= 0.3 is 0 Å². The topological polar surface area (TPSA) is 90.1 Å². The second kappa shape index (κ2) is 5.74. The zero-order valence-electron chi connectivity index (χ0n) is 8.69. The molecular formula is C8H14N4O2S. The van der Waals surface area contributed by atoms with Gasteiger partial charge in [0.05, 0.1) is 12.5 Å². The van der Waals surface area contributed by atoms with E-state index < -0.39 is 0 Å². The third kappa shape index (κ3) is 3.90. The molecule has 0 aliphatic rings. The van der Waals surface area contributed by atoms with Crippen LogP contribution in [0.1, 0.15) is 12.2 Å². The molecule has 0 aliphatic heterocycles. The molecule has 3 N–H and O–H groups in total. The molecule has 15 heavy (non-hydrogen) atoms. The predicted molar refractivity (Wildman–Crippen MR) is 57.7 cm³/mol. The number of anilines is 1. The van der Waals surface area contributed by atoms with E-state index >= 15 is 0 Å². The second-order valence-corrected chi connectivity index (χ2v) is 3.74. The van der Waals surface area contributed by atoms with Crippen molar-refractivity contribution < 1.29 is 9.53 Å². The van der Waals surface area contributed by atoms with Crippen molar-refractivity contribution in [2.75, 3.05) is 19.0 Å². The third-order valence-corrected chi connectivity index (χ3v) is 2.51. The van der Waals surface area contributed by atoms with E-state index in [1.807, 2.05) is 0 Å². The number of carbonyl (C=O) groups excluding carboxylic acids is 1. The maximum absolute atomic E-state index is 11.4. The molecule has 0 radical (unpaired) electrons. The number of carbonyl (C=O) groups is 1. The minimum absolute atomic E-state index is 0.163. The molecule has 6 nitrogen and oxygen atoms in total. The van der Waals surface area contributed by atoms with Crippen LogP contribution in [0.25, 0.3) is 0 Å². The summed E-state index contributed by atoms with van der Waals surface area (Å²) in [5.41, 5.74) is 5.40. The van der Waals surface area contributed by atoms with Crippen LogP contribution in [0, 0.1) is 6.92 Å². The van der Waals surface area contributed by atoms with Crippen LogP contribution in [-0.2, 0) is 9.53 Å². The largest absolute Gasteiger partial charge is 0.380 e. The molecule has 1 unspecified atom stereocenters. The van der Waals surface area contributed by atoms with Crippen molar-refractivity contribution in [1.82, 2.24) is 9.36 Å². The Morgan fingerprint density at radius 1 is 1.73 bits per heavy atom. The van der Waals surface area contributed by atoms with Crippen molar-refractivity contribution in [2.45, 2.75) is 19.4 Å². The first-order chi connectivity index (χ1) is 7.15. The van der Waals surface area contributed by atoms with E-state index in [4.69, 9.17) is 10.5 Å². The summed E-state index contributed by atoms with van der Waals surface area (Å²) in [4.78, 5) is 15.5. The summed E-state index contributed by atoms with van der Waals surface area (Å²) in [7, 11) is 1.53. The average molecular weight is 230 g/mol. The van der Waals surface area contributed by atoms with E-state index in [2.05, 4.69) is 14.7 Å². The van der Waals surface area contributed by atoms with E-state index in [1.54, 1.807) is 6.92 Å². The number of methoxy groups -OCH3 is 1. The van der Waals surface area contributed by atoms with Crippen LogP contribution in [-0.4, -0.2) is 35.0 Å². The Hall–Kier alpha value is -1.05. The maximum Gasteiger partial charge on any atom is 0.228 e. The lowest BCUT2D eigenvalue weighted by molar-refractivity contribution is -0.118. The molecule has 1 aromatic heterocycles. The Balaban J connectivity index is 2.42. The van der Waals surface area contributed by atoms with Crippen molar-refractivity contribution in [3.8, 4) is 0 Å². The fourth-order valence-corrected chi connectivity index (χ4v) is 1.58. The van der Waals surface area contributed by atoms with Gasteiger partial charge in [-0.3, -0.25) is 4.79 Å². The first-order valence-electron chi connectivity index (χ1n) is 4.48. The van der Waals surface area contributed by atoms with Gasteiger partial charge in [0.15, 0.2) is 0 Å². The summed E-state index contributed by atoms with van der Waals surface area (Å²) in [6, 6.07) is 0. The molecule has 0 bridgehead atoms. The number of ether oxygens (including phenoxy) is 1. The van der Waals surface area contributed by atoms with Gasteiger partial charge in [0.2, 0.25) is 11.0 Å².